The molecule has 0 aliphatic carbocycles. The molecular formula is C16H16N2O2. The van der Waals surface area contributed by atoms with Crippen molar-refractivity contribution < 1.29 is 9.47 Å². The maximum absolute atomic E-state index is 8.90. The number of aryl methyl sites for hydroxylation is 1. The summed E-state index contributed by atoms with van der Waals surface area (Å²) in [5.41, 5.74) is 2.64. The van der Waals surface area contributed by atoms with Gasteiger partial charge in [-0.3, -0.25) is 4.98 Å². The lowest BCUT2D eigenvalue weighted by Gasteiger charge is -2.12. The van der Waals surface area contributed by atoms with Crippen molar-refractivity contribution in [3.8, 4) is 17.6 Å². The number of nitriles is 1. The molecule has 0 saturated heterocycles. The Hall–Kier alpha value is -2.54. The predicted octanol–water partition coefficient (Wildman–Crippen LogP) is 3.24. The van der Waals surface area contributed by atoms with Crippen LogP contribution in [0, 0.1) is 18.3 Å². The average Bonchev–Trinajstić information content (AvgIpc) is 2.46. The second-order valence-electron chi connectivity index (χ2n) is 4.37. The molecule has 0 saturated carbocycles. The van der Waals surface area contributed by atoms with Crippen LogP contribution in [0.5, 0.6) is 11.5 Å². The Bertz CT molecular complexity index is 633. The third kappa shape index (κ3) is 3.48. The first-order valence-corrected chi connectivity index (χ1v) is 6.43. The number of pyridine rings is 1. The zero-order valence-corrected chi connectivity index (χ0v) is 11.6. The van der Waals surface area contributed by atoms with Gasteiger partial charge >= 0.3 is 0 Å². The Morgan fingerprint density at radius 3 is 2.70 bits per heavy atom. The number of nitrogens with zero attached hydrogens (tertiary/aromatic N) is 2. The fourth-order valence-electron chi connectivity index (χ4n) is 1.82. The van der Waals surface area contributed by atoms with E-state index in [1.165, 1.54) is 0 Å². The molecule has 0 unspecified atom stereocenters. The highest BCUT2D eigenvalue weighted by Crippen LogP contribution is 2.29. The summed E-state index contributed by atoms with van der Waals surface area (Å²) in [5.74, 6) is 1.22. The quantitative estimate of drug-likeness (QED) is 0.835. The van der Waals surface area contributed by atoms with Gasteiger partial charge in [-0.05, 0) is 37.6 Å². The number of hydrogen-bond donors (Lipinski definition) is 0. The molecule has 0 aliphatic rings. The first-order chi connectivity index (χ1) is 9.72. The molecule has 2 aromatic rings. The van der Waals surface area contributed by atoms with Gasteiger partial charge in [0.1, 0.15) is 6.61 Å². The van der Waals surface area contributed by atoms with Crippen LogP contribution in [0.2, 0.25) is 0 Å². The summed E-state index contributed by atoms with van der Waals surface area (Å²) in [6.45, 7) is 4.83. The van der Waals surface area contributed by atoms with Gasteiger partial charge in [0.15, 0.2) is 11.5 Å². The van der Waals surface area contributed by atoms with Gasteiger partial charge in [0.05, 0.1) is 18.2 Å². The van der Waals surface area contributed by atoms with Crippen LogP contribution in [0.15, 0.2) is 36.7 Å². The Kier molecular flexibility index (Phi) is 4.56. The van der Waals surface area contributed by atoms with Crippen LogP contribution in [0.25, 0.3) is 0 Å². The van der Waals surface area contributed by atoms with Crippen LogP contribution >= 0.6 is 0 Å². The number of rotatable bonds is 5. The lowest BCUT2D eigenvalue weighted by Crippen LogP contribution is -2.00. The van der Waals surface area contributed by atoms with Crippen LogP contribution in [0.1, 0.15) is 23.6 Å². The first-order valence-electron chi connectivity index (χ1n) is 6.43. The molecule has 0 spiro atoms. The fourth-order valence-corrected chi connectivity index (χ4v) is 1.82. The summed E-state index contributed by atoms with van der Waals surface area (Å²) in [4.78, 5) is 4.13. The van der Waals surface area contributed by atoms with Gasteiger partial charge in [0.25, 0.3) is 0 Å². The molecule has 0 amide bonds. The lowest BCUT2D eigenvalue weighted by atomic mass is 10.2. The van der Waals surface area contributed by atoms with E-state index in [9.17, 15) is 0 Å². The summed E-state index contributed by atoms with van der Waals surface area (Å²) in [6, 6.07) is 9.27. The molecule has 0 aliphatic heterocycles. The molecule has 102 valence electrons. The summed E-state index contributed by atoms with van der Waals surface area (Å²) in [7, 11) is 0. The monoisotopic (exact) mass is 268 g/mol. The van der Waals surface area contributed by atoms with Crippen LogP contribution in [0.4, 0.5) is 0 Å². The minimum absolute atomic E-state index is 0.417. The standard InChI is InChI=1S/C16H16N2O2/c1-3-19-16-7-13(8-17)4-5-15(16)20-11-14-6-12(2)9-18-10-14/h4-7,9-10H,3,11H2,1-2H3. The van der Waals surface area contributed by atoms with E-state index in [0.29, 0.717) is 30.3 Å². The molecule has 0 atom stereocenters. The van der Waals surface area contributed by atoms with Gasteiger partial charge < -0.3 is 9.47 Å². The van der Waals surface area contributed by atoms with Gasteiger partial charge in [-0.1, -0.05) is 0 Å². The molecule has 20 heavy (non-hydrogen) atoms. The summed E-state index contributed by atoms with van der Waals surface area (Å²) in [5, 5.41) is 8.90. The van der Waals surface area contributed by atoms with Crippen LogP contribution in [-0.4, -0.2) is 11.6 Å². The number of hydrogen-bond acceptors (Lipinski definition) is 4. The maximum atomic E-state index is 8.90. The van der Waals surface area contributed by atoms with Gasteiger partial charge in [0.2, 0.25) is 0 Å². The van der Waals surface area contributed by atoms with Gasteiger partial charge in [-0.2, -0.15) is 5.26 Å². The molecule has 4 nitrogen and oxygen atoms in total. The van der Waals surface area contributed by atoms with Crippen LogP contribution in [-0.2, 0) is 6.61 Å². The average molecular weight is 268 g/mol. The largest absolute Gasteiger partial charge is 0.490 e. The second-order valence-corrected chi connectivity index (χ2v) is 4.37. The minimum atomic E-state index is 0.417. The lowest BCUT2D eigenvalue weighted by molar-refractivity contribution is 0.269. The van der Waals surface area contributed by atoms with Crippen molar-refractivity contribution in [3.63, 3.8) is 0 Å². The van der Waals surface area contributed by atoms with E-state index >= 15 is 0 Å². The highest BCUT2D eigenvalue weighted by molar-refractivity contribution is 5.46. The highest BCUT2D eigenvalue weighted by Gasteiger charge is 2.07. The Labute approximate surface area is 118 Å². The molecule has 2 rings (SSSR count). The summed E-state index contributed by atoms with van der Waals surface area (Å²) < 4.78 is 11.3. The summed E-state index contributed by atoms with van der Waals surface area (Å²) in [6.07, 6.45) is 3.58. The second kappa shape index (κ2) is 6.58. The van der Waals surface area contributed by atoms with Crippen molar-refractivity contribution in [1.82, 2.24) is 4.98 Å². The van der Waals surface area contributed by atoms with Gasteiger partial charge in [-0.15, -0.1) is 0 Å². The number of ether oxygens (including phenoxy) is 2. The molecular weight excluding hydrogens is 252 g/mol. The van der Waals surface area contributed by atoms with E-state index in [1.54, 1.807) is 30.6 Å². The minimum Gasteiger partial charge on any atom is -0.490 e. The Balaban J connectivity index is 2.14. The smallest absolute Gasteiger partial charge is 0.162 e. The Morgan fingerprint density at radius 2 is 2.00 bits per heavy atom. The van der Waals surface area contributed by atoms with Gasteiger partial charge in [0, 0.05) is 24.0 Å². The normalized spacial score (nSPS) is 9.85. The van der Waals surface area contributed by atoms with E-state index in [2.05, 4.69) is 11.1 Å². The summed E-state index contributed by atoms with van der Waals surface area (Å²) >= 11 is 0. The number of benzene rings is 1. The maximum Gasteiger partial charge on any atom is 0.162 e. The van der Waals surface area contributed by atoms with Crippen molar-refractivity contribution in [2.75, 3.05) is 6.61 Å². The third-order valence-corrected chi connectivity index (χ3v) is 2.70. The van der Waals surface area contributed by atoms with Gasteiger partial charge in [-0.25, -0.2) is 0 Å². The van der Waals surface area contributed by atoms with Crippen molar-refractivity contribution in [3.05, 3.63) is 53.3 Å². The fraction of sp³-hybridized carbons (Fsp3) is 0.250. The predicted molar refractivity (Wildman–Crippen MR) is 75.6 cm³/mol. The third-order valence-electron chi connectivity index (χ3n) is 2.70. The molecule has 1 heterocycles. The van der Waals surface area contributed by atoms with E-state index in [0.717, 1.165) is 11.1 Å². The Morgan fingerprint density at radius 1 is 1.15 bits per heavy atom. The topological polar surface area (TPSA) is 55.1 Å². The molecule has 0 fully saturated rings. The molecule has 0 radical (unpaired) electrons. The zero-order valence-electron chi connectivity index (χ0n) is 11.6. The van der Waals surface area contributed by atoms with E-state index < -0.39 is 0 Å². The number of aromatic nitrogens is 1. The van der Waals surface area contributed by atoms with E-state index in [4.69, 9.17) is 14.7 Å². The zero-order chi connectivity index (χ0) is 14.4. The first kappa shape index (κ1) is 13.9. The van der Waals surface area contributed by atoms with Crippen molar-refractivity contribution in [2.45, 2.75) is 20.5 Å². The van der Waals surface area contributed by atoms with E-state index in [-0.39, 0.29) is 0 Å². The van der Waals surface area contributed by atoms with Crippen molar-refractivity contribution in [1.29, 1.82) is 5.26 Å². The molecule has 0 N–H and O–H groups in total. The van der Waals surface area contributed by atoms with E-state index in [1.807, 2.05) is 19.9 Å². The highest BCUT2D eigenvalue weighted by atomic mass is 16.5. The van der Waals surface area contributed by atoms with Crippen LogP contribution < -0.4 is 9.47 Å². The molecule has 1 aromatic heterocycles. The van der Waals surface area contributed by atoms with Crippen molar-refractivity contribution in [2.24, 2.45) is 0 Å². The SMILES string of the molecule is CCOc1cc(C#N)ccc1OCc1cncc(C)c1. The van der Waals surface area contributed by atoms with Crippen molar-refractivity contribution >= 4 is 0 Å². The van der Waals surface area contributed by atoms with Crippen LogP contribution in [0.3, 0.4) is 0 Å². The molecule has 0 bridgehead atoms. The molecule has 1 aromatic carbocycles. The molecule has 4 heteroatoms.